The molecular weight excluding hydrogens is 350 g/mol. The molecule has 3 aromatic rings. The van der Waals surface area contributed by atoms with Gasteiger partial charge in [0.25, 0.3) is 5.91 Å². The van der Waals surface area contributed by atoms with Crippen LogP contribution < -0.4 is 10.6 Å². The summed E-state index contributed by atoms with van der Waals surface area (Å²) in [4.78, 5) is 20.2. The molecule has 1 heterocycles. The lowest BCUT2D eigenvalue weighted by molar-refractivity contribution is 0.0948. The molecular formula is C20H18F2N4O. The molecule has 0 radical (unpaired) electrons. The molecule has 3 rings (SSSR count). The normalized spacial score (nSPS) is 10.4. The predicted octanol–water partition coefficient (Wildman–Crippen LogP) is 3.86. The second kappa shape index (κ2) is 8.84. The summed E-state index contributed by atoms with van der Waals surface area (Å²) in [5, 5.41) is 5.63. The number of hydrogen-bond donors (Lipinski definition) is 2. The summed E-state index contributed by atoms with van der Waals surface area (Å²) in [6.45, 7) is 0.518. The lowest BCUT2D eigenvalue weighted by Crippen LogP contribution is -2.25. The summed E-state index contributed by atoms with van der Waals surface area (Å²) in [6, 6.07) is 14.9. The van der Waals surface area contributed by atoms with Crippen molar-refractivity contribution in [3.63, 3.8) is 0 Å². The number of nitrogens with zero attached hydrogens (tertiary/aromatic N) is 2. The van der Waals surface area contributed by atoms with E-state index in [1.807, 2.05) is 30.3 Å². The zero-order valence-corrected chi connectivity index (χ0v) is 14.5. The van der Waals surface area contributed by atoms with E-state index < -0.39 is 11.6 Å². The van der Waals surface area contributed by atoms with Crippen molar-refractivity contribution in [3.8, 4) is 0 Å². The third kappa shape index (κ3) is 5.31. The highest BCUT2D eigenvalue weighted by molar-refractivity contribution is 5.92. The van der Waals surface area contributed by atoms with E-state index in [0.717, 1.165) is 25.0 Å². The van der Waals surface area contributed by atoms with Gasteiger partial charge in [0.15, 0.2) is 11.6 Å². The summed E-state index contributed by atoms with van der Waals surface area (Å²) in [7, 11) is 0. The summed E-state index contributed by atoms with van der Waals surface area (Å²) in [6.07, 6.45) is 2.91. The van der Waals surface area contributed by atoms with Crippen LogP contribution in [0, 0.1) is 11.6 Å². The molecule has 1 aromatic heterocycles. The Hall–Kier alpha value is -3.35. The van der Waals surface area contributed by atoms with Crippen molar-refractivity contribution in [2.75, 3.05) is 11.9 Å². The van der Waals surface area contributed by atoms with Gasteiger partial charge < -0.3 is 10.6 Å². The fraction of sp³-hybridized carbons (Fsp3) is 0.150. The predicted molar refractivity (Wildman–Crippen MR) is 98.8 cm³/mol. The maximum absolute atomic E-state index is 13.3. The van der Waals surface area contributed by atoms with Crippen LogP contribution in [0.25, 0.3) is 0 Å². The smallest absolute Gasteiger partial charge is 0.270 e. The minimum atomic E-state index is -0.967. The summed E-state index contributed by atoms with van der Waals surface area (Å²) in [5.41, 5.74) is 1.73. The van der Waals surface area contributed by atoms with Gasteiger partial charge in [-0.25, -0.2) is 18.7 Å². The molecule has 5 nitrogen and oxygen atoms in total. The minimum absolute atomic E-state index is 0.190. The standard InChI is InChI=1S/C20H18F2N4O/c21-16-9-8-15(11-17(16)22)26-19-12-18(24-13-25-19)20(27)23-10-4-7-14-5-2-1-3-6-14/h1-3,5-6,8-9,11-13H,4,7,10H2,(H,23,27)(H,24,25,26). The zero-order chi connectivity index (χ0) is 19.1. The molecule has 138 valence electrons. The lowest BCUT2D eigenvalue weighted by Gasteiger charge is -2.08. The molecule has 0 spiro atoms. The van der Waals surface area contributed by atoms with Crippen LogP contribution in [0.4, 0.5) is 20.3 Å². The van der Waals surface area contributed by atoms with Crippen molar-refractivity contribution >= 4 is 17.4 Å². The Kier molecular flexibility index (Phi) is 6.04. The molecule has 0 aliphatic rings. The number of carbonyl (C=O) groups is 1. The van der Waals surface area contributed by atoms with Gasteiger partial charge in [0.2, 0.25) is 0 Å². The summed E-state index contributed by atoms with van der Waals surface area (Å²) in [5.74, 6) is -1.91. The van der Waals surface area contributed by atoms with Gasteiger partial charge in [0, 0.05) is 24.4 Å². The number of aromatic nitrogens is 2. The average Bonchev–Trinajstić information content (AvgIpc) is 2.69. The van der Waals surface area contributed by atoms with Crippen LogP contribution in [0.3, 0.4) is 0 Å². The van der Waals surface area contributed by atoms with Crippen molar-refractivity contribution < 1.29 is 13.6 Å². The van der Waals surface area contributed by atoms with E-state index in [9.17, 15) is 13.6 Å². The molecule has 0 saturated carbocycles. The van der Waals surface area contributed by atoms with Gasteiger partial charge in [0.1, 0.15) is 17.8 Å². The first-order chi connectivity index (χ1) is 13.1. The average molecular weight is 368 g/mol. The fourth-order valence-corrected chi connectivity index (χ4v) is 2.50. The molecule has 0 bridgehead atoms. The van der Waals surface area contributed by atoms with Crippen LogP contribution in [0.2, 0.25) is 0 Å². The molecule has 27 heavy (non-hydrogen) atoms. The first kappa shape index (κ1) is 18.4. The number of nitrogens with one attached hydrogen (secondary N) is 2. The molecule has 0 fully saturated rings. The quantitative estimate of drug-likeness (QED) is 0.622. The van der Waals surface area contributed by atoms with Crippen LogP contribution in [-0.4, -0.2) is 22.4 Å². The van der Waals surface area contributed by atoms with E-state index >= 15 is 0 Å². The van der Waals surface area contributed by atoms with Crippen LogP contribution in [0.15, 0.2) is 60.9 Å². The van der Waals surface area contributed by atoms with Crippen LogP contribution in [0.1, 0.15) is 22.5 Å². The maximum atomic E-state index is 13.3. The molecule has 0 unspecified atom stereocenters. The number of benzene rings is 2. The Morgan fingerprint density at radius 1 is 0.963 bits per heavy atom. The molecule has 7 heteroatoms. The van der Waals surface area contributed by atoms with Crippen LogP contribution in [0.5, 0.6) is 0 Å². The SMILES string of the molecule is O=C(NCCCc1ccccc1)c1cc(Nc2ccc(F)c(F)c2)ncn1. The lowest BCUT2D eigenvalue weighted by atomic mass is 10.1. The van der Waals surface area contributed by atoms with Crippen LogP contribution in [-0.2, 0) is 6.42 Å². The molecule has 1 amide bonds. The first-order valence-corrected chi connectivity index (χ1v) is 8.48. The highest BCUT2D eigenvalue weighted by atomic mass is 19.2. The highest BCUT2D eigenvalue weighted by Gasteiger charge is 2.09. The molecule has 2 aromatic carbocycles. The number of aryl methyl sites for hydroxylation is 1. The molecule has 0 saturated heterocycles. The largest absolute Gasteiger partial charge is 0.351 e. The van der Waals surface area contributed by atoms with Crippen molar-refractivity contribution in [1.29, 1.82) is 0 Å². The molecule has 0 atom stereocenters. The van der Waals surface area contributed by atoms with Gasteiger partial charge in [0.05, 0.1) is 0 Å². The van der Waals surface area contributed by atoms with E-state index in [1.54, 1.807) is 0 Å². The maximum Gasteiger partial charge on any atom is 0.270 e. The van der Waals surface area contributed by atoms with Gasteiger partial charge >= 0.3 is 0 Å². The van der Waals surface area contributed by atoms with Gasteiger partial charge in [-0.2, -0.15) is 0 Å². The van der Waals surface area contributed by atoms with Gasteiger partial charge in [-0.15, -0.1) is 0 Å². The van der Waals surface area contributed by atoms with Crippen molar-refractivity contribution in [2.45, 2.75) is 12.8 Å². The molecule has 0 aliphatic carbocycles. The van der Waals surface area contributed by atoms with Crippen molar-refractivity contribution in [3.05, 3.63) is 83.8 Å². The topological polar surface area (TPSA) is 66.9 Å². The number of amides is 1. The third-order valence-electron chi connectivity index (χ3n) is 3.86. The van der Waals surface area contributed by atoms with Crippen molar-refractivity contribution in [1.82, 2.24) is 15.3 Å². The Morgan fingerprint density at radius 3 is 2.56 bits per heavy atom. The zero-order valence-electron chi connectivity index (χ0n) is 14.5. The third-order valence-corrected chi connectivity index (χ3v) is 3.86. The van der Waals surface area contributed by atoms with Gasteiger partial charge in [-0.3, -0.25) is 4.79 Å². The second-order valence-corrected chi connectivity index (χ2v) is 5.89. The summed E-state index contributed by atoms with van der Waals surface area (Å²) < 4.78 is 26.3. The molecule has 2 N–H and O–H groups in total. The molecule has 0 aliphatic heterocycles. The number of anilines is 2. The van der Waals surface area contributed by atoms with Crippen LogP contribution >= 0.6 is 0 Å². The highest BCUT2D eigenvalue weighted by Crippen LogP contribution is 2.17. The van der Waals surface area contributed by atoms with E-state index in [-0.39, 0.29) is 11.6 Å². The van der Waals surface area contributed by atoms with E-state index in [2.05, 4.69) is 20.6 Å². The minimum Gasteiger partial charge on any atom is -0.351 e. The monoisotopic (exact) mass is 368 g/mol. The van der Waals surface area contributed by atoms with Crippen molar-refractivity contribution in [2.24, 2.45) is 0 Å². The Labute approximate surface area is 155 Å². The number of halogens is 2. The van der Waals surface area contributed by atoms with E-state index in [0.29, 0.717) is 18.1 Å². The number of carbonyl (C=O) groups excluding carboxylic acids is 1. The van der Waals surface area contributed by atoms with Gasteiger partial charge in [-0.05, 0) is 30.5 Å². The van der Waals surface area contributed by atoms with E-state index in [4.69, 9.17) is 0 Å². The Bertz CT molecular complexity index is 919. The van der Waals surface area contributed by atoms with E-state index in [1.165, 1.54) is 24.0 Å². The Balaban J connectivity index is 1.54. The number of hydrogen-bond acceptors (Lipinski definition) is 4. The first-order valence-electron chi connectivity index (χ1n) is 8.48. The second-order valence-electron chi connectivity index (χ2n) is 5.89. The fourth-order valence-electron chi connectivity index (χ4n) is 2.50. The Morgan fingerprint density at radius 2 is 1.78 bits per heavy atom. The van der Waals surface area contributed by atoms with Gasteiger partial charge in [-0.1, -0.05) is 30.3 Å². The summed E-state index contributed by atoms with van der Waals surface area (Å²) >= 11 is 0. The number of rotatable bonds is 7.